The van der Waals surface area contributed by atoms with Crippen LogP contribution >= 0.6 is 11.6 Å². The Balaban J connectivity index is 1.38. The number of allylic oxidation sites excluding steroid dienone is 4. The zero-order valence-electron chi connectivity index (χ0n) is 19.8. The number of aliphatic hydroxyl groups is 1. The monoisotopic (exact) mass is 482 g/mol. The number of carbonyl (C=O) groups is 1. The number of carbonyl (C=O) groups excluding carboxylic acids is 1. The number of halogens is 1. The number of aliphatic hydroxyl groups excluding tert-OH is 1. The summed E-state index contributed by atoms with van der Waals surface area (Å²) in [4.78, 5) is 20.2. The molecule has 4 atom stereocenters. The smallest absolute Gasteiger partial charge is 0.223 e. The van der Waals surface area contributed by atoms with Crippen LogP contribution in [0.4, 0.5) is 0 Å². The highest BCUT2D eigenvalue weighted by Gasteiger charge is 2.51. The van der Waals surface area contributed by atoms with Gasteiger partial charge >= 0.3 is 0 Å². The van der Waals surface area contributed by atoms with E-state index in [9.17, 15) is 9.90 Å². The molecule has 0 aromatic heterocycles. The maximum Gasteiger partial charge on any atom is 0.223 e. The summed E-state index contributed by atoms with van der Waals surface area (Å²) in [6.07, 6.45) is 8.87. The summed E-state index contributed by atoms with van der Waals surface area (Å²) in [6, 6.07) is 5.82. The number of rotatable bonds is 6. The zero-order chi connectivity index (χ0) is 24.0. The first-order valence-corrected chi connectivity index (χ1v) is 12.5. The predicted octanol–water partition coefficient (Wildman–Crippen LogP) is 4.98. The number of oxime groups is 1. The van der Waals surface area contributed by atoms with Gasteiger partial charge in [-0.05, 0) is 62.5 Å². The number of fused-ring (bicyclic) bond motifs is 3. The lowest BCUT2D eigenvalue weighted by molar-refractivity contribution is -0.129. The number of ether oxygens (including phenoxy) is 1. The van der Waals surface area contributed by atoms with Crippen molar-refractivity contribution in [1.29, 1.82) is 0 Å². The molecule has 180 valence electrons. The number of hydrogen-bond acceptors (Lipinski definition) is 5. The van der Waals surface area contributed by atoms with Crippen molar-refractivity contribution < 1.29 is 19.5 Å². The van der Waals surface area contributed by atoms with Gasteiger partial charge in [-0.1, -0.05) is 41.4 Å². The minimum Gasteiger partial charge on any atom is -0.489 e. The van der Waals surface area contributed by atoms with Crippen LogP contribution < -0.4 is 4.74 Å². The zero-order valence-corrected chi connectivity index (χ0v) is 20.6. The van der Waals surface area contributed by atoms with Gasteiger partial charge in [-0.2, -0.15) is 0 Å². The second kappa shape index (κ2) is 9.23. The summed E-state index contributed by atoms with van der Waals surface area (Å²) in [7, 11) is 0. The van der Waals surface area contributed by atoms with E-state index in [1.807, 2.05) is 36.9 Å². The van der Waals surface area contributed by atoms with Crippen LogP contribution in [-0.2, 0) is 9.63 Å². The van der Waals surface area contributed by atoms with Gasteiger partial charge in [0, 0.05) is 36.4 Å². The van der Waals surface area contributed by atoms with Gasteiger partial charge in [-0.3, -0.25) is 4.79 Å². The summed E-state index contributed by atoms with van der Waals surface area (Å²) >= 11 is 6.43. The molecule has 1 amide bonds. The molecule has 2 heterocycles. The van der Waals surface area contributed by atoms with Gasteiger partial charge in [0.1, 0.15) is 5.75 Å². The molecule has 0 radical (unpaired) electrons. The highest BCUT2D eigenvalue weighted by Crippen LogP contribution is 2.50. The predicted molar refractivity (Wildman–Crippen MR) is 132 cm³/mol. The van der Waals surface area contributed by atoms with E-state index in [2.05, 4.69) is 30.3 Å². The molecule has 1 unspecified atom stereocenters. The van der Waals surface area contributed by atoms with Crippen molar-refractivity contribution in [2.45, 2.75) is 52.2 Å². The third-order valence-electron chi connectivity index (χ3n) is 7.23. The fourth-order valence-corrected chi connectivity index (χ4v) is 6.11. The molecule has 6 nitrogen and oxygen atoms in total. The Hall–Kier alpha value is -2.57. The van der Waals surface area contributed by atoms with Crippen LogP contribution in [0.3, 0.4) is 0 Å². The summed E-state index contributed by atoms with van der Waals surface area (Å²) in [5.41, 5.74) is 4.30. The van der Waals surface area contributed by atoms with Crippen LogP contribution in [0.1, 0.15) is 45.6 Å². The number of nitrogens with zero attached hydrogens (tertiary/aromatic N) is 2. The summed E-state index contributed by atoms with van der Waals surface area (Å²) in [5.74, 6) is 2.17. The summed E-state index contributed by atoms with van der Waals surface area (Å²) < 4.78 is 5.73. The molecule has 0 spiro atoms. The lowest BCUT2D eigenvalue weighted by Gasteiger charge is -2.31. The van der Waals surface area contributed by atoms with Crippen LogP contribution in [0.5, 0.6) is 5.75 Å². The molecule has 7 heteroatoms. The second-order valence-electron chi connectivity index (χ2n) is 9.85. The molecule has 1 aromatic carbocycles. The molecule has 5 rings (SSSR count). The minimum atomic E-state index is 0.00314. The standard InChI is InChI=1S/C27H31ClN2O4/c1-15(2)33-23-8-7-17(13-22(23)28)24-11-16(3)26(29-34-24)19-5-4-6-20-21(19)12-18-14-25(32)30(9-10-31)27(18)20/h4-5,7-8,11,13,15-16,18,20,27,31H,6,9-10,12,14H2,1-3H3/t16-,18-,20?,27+/m1/s1. The SMILES string of the molecule is CC(C)Oc1ccc(C2=C[C@@H](C)C(C3=C4C[C@@H]5CC(=O)N(CCO)[C@@H]5C4CC=C3)=NO2)cc1Cl. The van der Waals surface area contributed by atoms with Crippen molar-refractivity contribution in [1.82, 2.24) is 4.90 Å². The first-order chi connectivity index (χ1) is 16.4. The van der Waals surface area contributed by atoms with Crippen LogP contribution in [-0.4, -0.2) is 46.9 Å². The van der Waals surface area contributed by atoms with E-state index >= 15 is 0 Å². The highest BCUT2D eigenvalue weighted by molar-refractivity contribution is 6.32. The van der Waals surface area contributed by atoms with Crippen LogP contribution in [0, 0.1) is 17.8 Å². The van der Waals surface area contributed by atoms with Gasteiger partial charge in [0.15, 0.2) is 5.76 Å². The fraction of sp³-hybridized carbons (Fsp3) is 0.481. The molecule has 34 heavy (non-hydrogen) atoms. The number of hydrogen-bond donors (Lipinski definition) is 1. The molecule has 2 aliphatic heterocycles. The topological polar surface area (TPSA) is 71.4 Å². The van der Waals surface area contributed by atoms with Crippen LogP contribution in [0.2, 0.25) is 5.02 Å². The number of benzene rings is 1. The van der Waals surface area contributed by atoms with Crippen molar-refractivity contribution in [2.24, 2.45) is 22.9 Å². The van der Waals surface area contributed by atoms with E-state index in [-0.39, 0.29) is 36.5 Å². The Kier molecular flexibility index (Phi) is 6.30. The Labute approximate surface area is 205 Å². The van der Waals surface area contributed by atoms with Crippen LogP contribution in [0.15, 0.2) is 52.7 Å². The normalized spacial score (nSPS) is 28.1. The Morgan fingerprint density at radius 1 is 1.32 bits per heavy atom. The largest absolute Gasteiger partial charge is 0.489 e. The summed E-state index contributed by atoms with van der Waals surface area (Å²) in [6.45, 7) is 6.48. The lowest BCUT2D eigenvalue weighted by atomic mass is 9.82. The molecule has 1 saturated carbocycles. The molecule has 1 saturated heterocycles. The van der Waals surface area contributed by atoms with E-state index < -0.39 is 0 Å². The van der Waals surface area contributed by atoms with Crippen molar-refractivity contribution in [2.75, 3.05) is 13.2 Å². The average Bonchev–Trinajstić information content (AvgIpc) is 3.30. The van der Waals surface area contributed by atoms with Gasteiger partial charge in [0.05, 0.1) is 23.4 Å². The molecule has 2 fully saturated rings. The van der Waals surface area contributed by atoms with E-state index in [1.54, 1.807) is 0 Å². The molecule has 0 bridgehead atoms. The van der Waals surface area contributed by atoms with Crippen molar-refractivity contribution in [3.63, 3.8) is 0 Å². The van der Waals surface area contributed by atoms with Crippen molar-refractivity contribution >= 4 is 29.0 Å². The highest BCUT2D eigenvalue weighted by atomic mass is 35.5. The first kappa shape index (κ1) is 23.2. The average molecular weight is 483 g/mol. The first-order valence-electron chi connectivity index (χ1n) is 12.1. The van der Waals surface area contributed by atoms with Gasteiger partial charge in [0.25, 0.3) is 0 Å². The molecular weight excluding hydrogens is 452 g/mol. The van der Waals surface area contributed by atoms with Gasteiger partial charge in [0.2, 0.25) is 5.91 Å². The van der Waals surface area contributed by atoms with Gasteiger partial charge in [-0.25, -0.2) is 0 Å². The van der Waals surface area contributed by atoms with E-state index in [4.69, 9.17) is 21.2 Å². The van der Waals surface area contributed by atoms with Gasteiger partial charge < -0.3 is 19.6 Å². The third-order valence-corrected chi connectivity index (χ3v) is 7.53. The third kappa shape index (κ3) is 4.07. The molecular formula is C27H31ClN2O4. The van der Waals surface area contributed by atoms with Gasteiger partial charge in [-0.15, -0.1) is 0 Å². The molecule has 4 aliphatic rings. The fourth-order valence-electron chi connectivity index (χ4n) is 5.89. The maximum absolute atomic E-state index is 12.5. The molecule has 2 aliphatic carbocycles. The maximum atomic E-state index is 12.5. The lowest BCUT2D eigenvalue weighted by Crippen LogP contribution is -2.40. The number of amides is 1. The summed E-state index contributed by atoms with van der Waals surface area (Å²) in [5, 5.41) is 14.6. The van der Waals surface area contributed by atoms with Crippen molar-refractivity contribution in [3.8, 4) is 5.75 Å². The number of β-amino-alcohol motifs (C(OH)–C–C–N with tert-alkyl or cyclic N) is 1. The second-order valence-corrected chi connectivity index (χ2v) is 10.3. The quantitative estimate of drug-likeness (QED) is 0.621. The van der Waals surface area contributed by atoms with E-state index in [1.165, 1.54) is 5.57 Å². The molecule has 1 aromatic rings. The minimum absolute atomic E-state index is 0.00314. The Morgan fingerprint density at radius 2 is 2.15 bits per heavy atom. The van der Waals surface area contributed by atoms with Crippen LogP contribution in [0.25, 0.3) is 5.76 Å². The Morgan fingerprint density at radius 3 is 2.85 bits per heavy atom. The van der Waals surface area contributed by atoms with E-state index in [0.29, 0.717) is 35.4 Å². The molecule has 1 N–H and O–H groups in total. The Bertz CT molecular complexity index is 1120. The van der Waals surface area contributed by atoms with Crippen molar-refractivity contribution in [3.05, 3.63) is 58.2 Å². The van der Waals surface area contributed by atoms with E-state index in [0.717, 1.165) is 29.7 Å². The number of likely N-dealkylation sites (tertiary alicyclic amines) is 1.